The molecule has 0 bridgehead atoms. The summed E-state index contributed by atoms with van der Waals surface area (Å²) in [5, 5.41) is 0. The Morgan fingerprint density at radius 1 is 1.21 bits per heavy atom. The number of carbonyl (C=O) groups is 3. The highest BCUT2D eigenvalue weighted by molar-refractivity contribution is 6.10. The van der Waals surface area contributed by atoms with E-state index in [4.69, 9.17) is 5.73 Å². The average Bonchev–Trinajstić information content (AvgIpc) is 2.69. The molecule has 11 heteroatoms. The van der Waals surface area contributed by atoms with Crippen LogP contribution < -0.4 is 10.6 Å². The van der Waals surface area contributed by atoms with Gasteiger partial charge >= 0.3 is 6.18 Å². The second-order valence-corrected chi connectivity index (χ2v) is 8.42. The van der Waals surface area contributed by atoms with E-state index in [2.05, 4.69) is 4.98 Å². The molecule has 0 radical (unpaired) electrons. The third-order valence-corrected chi connectivity index (χ3v) is 6.16. The third kappa shape index (κ3) is 3.91. The number of anilines is 1. The lowest BCUT2D eigenvalue weighted by Crippen LogP contribution is -2.73. The van der Waals surface area contributed by atoms with Gasteiger partial charge in [-0.1, -0.05) is 12.1 Å². The quantitative estimate of drug-likeness (QED) is 0.704. The normalized spacial score (nSPS) is 23.1. The van der Waals surface area contributed by atoms with Crippen LogP contribution >= 0.6 is 0 Å². The van der Waals surface area contributed by atoms with Crippen molar-refractivity contribution in [2.45, 2.75) is 38.0 Å². The first-order valence-electron chi connectivity index (χ1n) is 10.1. The molecule has 2 fully saturated rings. The number of aromatic nitrogens is 1. The van der Waals surface area contributed by atoms with Crippen LogP contribution in [0.4, 0.5) is 23.4 Å². The van der Waals surface area contributed by atoms with Crippen molar-refractivity contribution in [3.8, 4) is 0 Å². The van der Waals surface area contributed by atoms with E-state index >= 15 is 0 Å². The maximum atomic E-state index is 14.5. The number of halogens is 4. The van der Waals surface area contributed by atoms with Crippen LogP contribution in [0.1, 0.15) is 29.5 Å². The molecule has 1 aliphatic heterocycles. The van der Waals surface area contributed by atoms with Gasteiger partial charge in [-0.15, -0.1) is 0 Å². The first kappa shape index (κ1) is 22.7. The number of benzene rings is 1. The zero-order chi connectivity index (χ0) is 24.1. The van der Waals surface area contributed by atoms with E-state index in [0.717, 1.165) is 17.0 Å². The van der Waals surface area contributed by atoms with Crippen LogP contribution in [0.15, 0.2) is 36.5 Å². The SMILES string of the molecule is Cc1cnc(N2CC(=O)N(Cc3ccc(C(F)(F)F)cc3)C3(CC(C(N)=O)C3)C2=O)c(F)c1. The first-order valence-corrected chi connectivity index (χ1v) is 10.1. The van der Waals surface area contributed by atoms with Gasteiger partial charge in [-0.3, -0.25) is 19.3 Å². The standard InChI is InChI=1S/C22H20F4N4O3/c1-12-6-16(23)19(28-9-12)29-11-17(31)30(21(20(29)33)7-14(8-21)18(27)32)10-13-2-4-15(5-3-13)22(24,25)26/h2-6,9,14H,7-8,10-11H2,1H3,(H2,27,32). The number of aryl methyl sites for hydroxylation is 1. The Kier molecular flexibility index (Phi) is 5.38. The van der Waals surface area contributed by atoms with Gasteiger partial charge in [-0.25, -0.2) is 9.37 Å². The number of pyridine rings is 1. The highest BCUT2D eigenvalue weighted by Gasteiger charge is 2.61. The maximum Gasteiger partial charge on any atom is 0.416 e. The molecule has 1 aromatic carbocycles. The van der Waals surface area contributed by atoms with Gasteiger partial charge in [0.1, 0.15) is 12.1 Å². The van der Waals surface area contributed by atoms with Crippen molar-refractivity contribution in [2.75, 3.05) is 11.4 Å². The monoisotopic (exact) mass is 464 g/mol. The number of alkyl halides is 3. The molecule has 4 rings (SSSR count). The van der Waals surface area contributed by atoms with Crippen molar-refractivity contribution in [3.05, 3.63) is 59.0 Å². The van der Waals surface area contributed by atoms with E-state index in [0.29, 0.717) is 11.1 Å². The summed E-state index contributed by atoms with van der Waals surface area (Å²) in [6.45, 7) is 0.987. The predicted molar refractivity (Wildman–Crippen MR) is 108 cm³/mol. The van der Waals surface area contributed by atoms with Crippen molar-refractivity contribution in [1.82, 2.24) is 9.88 Å². The second kappa shape index (κ2) is 7.82. The van der Waals surface area contributed by atoms with Crippen LogP contribution in [0.2, 0.25) is 0 Å². The summed E-state index contributed by atoms with van der Waals surface area (Å²) in [6.07, 6.45) is -3.26. The number of hydrogen-bond acceptors (Lipinski definition) is 4. The molecule has 174 valence electrons. The van der Waals surface area contributed by atoms with Crippen molar-refractivity contribution in [2.24, 2.45) is 11.7 Å². The van der Waals surface area contributed by atoms with E-state index in [1.54, 1.807) is 6.92 Å². The molecule has 33 heavy (non-hydrogen) atoms. The zero-order valence-corrected chi connectivity index (χ0v) is 17.5. The Labute approximate surface area is 186 Å². The lowest BCUT2D eigenvalue weighted by atomic mass is 9.65. The number of carbonyl (C=O) groups excluding carboxylic acids is 3. The molecule has 2 aromatic rings. The van der Waals surface area contributed by atoms with E-state index in [1.165, 1.54) is 29.3 Å². The zero-order valence-electron chi connectivity index (χ0n) is 17.5. The summed E-state index contributed by atoms with van der Waals surface area (Å²) in [5.41, 5.74) is 3.97. The Balaban J connectivity index is 1.67. The molecular weight excluding hydrogens is 444 g/mol. The number of piperazine rings is 1. The number of nitrogens with zero attached hydrogens (tertiary/aromatic N) is 3. The molecule has 1 aliphatic carbocycles. The first-order chi connectivity index (χ1) is 15.4. The topological polar surface area (TPSA) is 96.6 Å². The van der Waals surface area contributed by atoms with Gasteiger partial charge in [-0.05, 0) is 49.1 Å². The van der Waals surface area contributed by atoms with Crippen LogP contribution in [-0.4, -0.2) is 39.7 Å². The summed E-state index contributed by atoms with van der Waals surface area (Å²) in [5.74, 6) is -3.51. The van der Waals surface area contributed by atoms with Crippen molar-refractivity contribution in [1.29, 1.82) is 0 Å². The Morgan fingerprint density at radius 2 is 1.85 bits per heavy atom. The highest BCUT2D eigenvalue weighted by atomic mass is 19.4. The number of amides is 3. The molecule has 2 N–H and O–H groups in total. The molecule has 1 spiro atoms. The highest BCUT2D eigenvalue weighted by Crippen LogP contribution is 2.47. The smallest absolute Gasteiger partial charge is 0.369 e. The largest absolute Gasteiger partial charge is 0.416 e. The molecular formula is C22H20F4N4O3. The molecule has 1 saturated carbocycles. The average molecular weight is 464 g/mol. The van der Waals surface area contributed by atoms with Gasteiger partial charge in [0.2, 0.25) is 11.8 Å². The van der Waals surface area contributed by atoms with Gasteiger partial charge in [0.15, 0.2) is 11.6 Å². The summed E-state index contributed by atoms with van der Waals surface area (Å²) in [7, 11) is 0. The minimum atomic E-state index is -4.51. The van der Waals surface area contributed by atoms with Gasteiger partial charge in [0, 0.05) is 18.7 Å². The maximum absolute atomic E-state index is 14.5. The lowest BCUT2D eigenvalue weighted by molar-refractivity contribution is -0.164. The number of hydrogen-bond donors (Lipinski definition) is 1. The number of primary amides is 1. The Hall–Kier alpha value is -3.50. The van der Waals surface area contributed by atoms with E-state index in [1.807, 2.05) is 0 Å². The van der Waals surface area contributed by atoms with Crippen LogP contribution in [-0.2, 0) is 27.1 Å². The molecule has 1 aromatic heterocycles. The van der Waals surface area contributed by atoms with Gasteiger partial charge in [-0.2, -0.15) is 13.2 Å². The number of nitrogens with two attached hydrogens (primary N) is 1. The van der Waals surface area contributed by atoms with Gasteiger partial charge < -0.3 is 10.6 Å². The van der Waals surface area contributed by atoms with Crippen LogP contribution in [0.5, 0.6) is 0 Å². The predicted octanol–water partition coefficient (Wildman–Crippen LogP) is 2.56. The fourth-order valence-electron chi connectivity index (χ4n) is 4.37. The molecule has 2 aliphatic rings. The third-order valence-electron chi connectivity index (χ3n) is 6.16. The molecule has 0 atom stereocenters. The fourth-order valence-corrected chi connectivity index (χ4v) is 4.37. The Bertz CT molecular complexity index is 1130. The van der Waals surface area contributed by atoms with Crippen molar-refractivity contribution < 1.29 is 31.9 Å². The van der Waals surface area contributed by atoms with E-state index in [-0.39, 0.29) is 25.2 Å². The number of rotatable bonds is 4. The van der Waals surface area contributed by atoms with Gasteiger partial charge in [0.25, 0.3) is 5.91 Å². The summed E-state index contributed by atoms with van der Waals surface area (Å²) >= 11 is 0. The minimum absolute atomic E-state index is 0.0580. The summed E-state index contributed by atoms with van der Waals surface area (Å²) in [6, 6.07) is 5.43. The molecule has 0 unspecified atom stereocenters. The van der Waals surface area contributed by atoms with E-state index in [9.17, 15) is 31.9 Å². The summed E-state index contributed by atoms with van der Waals surface area (Å²) < 4.78 is 53.1. The second-order valence-electron chi connectivity index (χ2n) is 8.42. The molecule has 2 heterocycles. The lowest BCUT2D eigenvalue weighted by Gasteiger charge is -2.56. The molecule has 3 amide bonds. The minimum Gasteiger partial charge on any atom is -0.369 e. The van der Waals surface area contributed by atoms with Gasteiger partial charge in [0.05, 0.1) is 5.56 Å². The summed E-state index contributed by atoms with van der Waals surface area (Å²) in [4.78, 5) is 44.4. The van der Waals surface area contributed by atoms with Crippen molar-refractivity contribution >= 4 is 23.5 Å². The van der Waals surface area contributed by atoms with Crippen molar-refractivity contribution in [3.63, 3.8) is 0 Å². The van der Waals surface area contributed by atoms with E-state index < -0.39 is 53.3 Å². The van der Waals surface area contributed by atoms with Crippen LogP contribution in [0, 0.1) is 18.7 Å². The van der Waals surface area contributed by atoms with Crippen LogP contribution in [0.3, 0.4) is 0 Å². The Morgan fingerprint density at radius 3 is 2.39 bits per heavy atom. The molecule has 1 saturated heterocycles. The van der Waals surface area contributed by atoms with Crippen LogP contribution in [0.25, 0.3) is 0 Å². The molecule has 7 nitrogen and oxygen atoms in total. The fraction of sp³-hybridized carbons (Fsp3) is 0.364.